The van der Waals surface area contributed by atoms with E-state index in [1.54, 1.807) is 48.8 Å². The highest BCUT2D eigenvalue weighted by Gasteiger charge is 2.50. The first-order valence-corrected chi connectivity index (χ1v) is 13.1. The number of ether oxygens (including phenoxy) is 1. The van der Waals surface area contributed by atoms with E-state index in [0.29, 0.717) is 29.2 Å². The summed E-state index contributed by atoms with van der Waals surface area (Å²) in [6.07, 6.45) is 5.83. The minimum absolute atomic E-state index is 0.0901. The van der Waals surface area contributed by atoms with Gasteiger partial charge in [0.2, 0.25) is 5.60 Å². The Hall–Kier alpha value is -3.55. The standard InChI is InChI=1S/C30H33N3O4/c34-28(24-12-17-31-18-13-24)32-16-7-19-33-20-14-23(15-21-33)27(22-33)37-29(35)30(36,25-8-3-1-4-9-25)26-10-5-2-6-11-26/h1-6,8-13,17-18,23,27,36H,7,14-16,19-22H2/p+1/t23?,27-,33?/m0/s1. The SMILES string of the molecule is O=C(NCCC[N+]12CCC(CC1)[C@@H](OC(=O)C(O)(c1ccccc1)c1ccccc1)C2)c1ccncc1. The predicted molar refractivity (Wildman–Crippen MR) is 139 cm³/mol. The average molecular weight is 501 g/mol. The molecule has 4 heterocycles. The van der Waals surface area contributed by atoms with Crippen LogP contribution >= 0.6 is 0 Å². The number of amides is 1. The molecule has 37 heavy (non-hydrogen) atoms. The zero-order valence-electron chi connectivity index (χ0n) is 21.0. The first-order valence-electron chi connectivity index (χ1n) is 13.1. The molecule has 2 bridgehead atoms. The van der Waals surface area contributed by atoms with Crippen molar-refractivity contribution in [1.82, 2.24) is 10.3 Å². The largest absolute Gasteiger partial charge is 0.453 e. The molecule has 3 saturated heterocycles. The van der Waals surface area contributed by atoms with Gasteiger partial charge in [0.25, 0.3) is 5.91 Å². The van der Waals surface area contributed by atoms with Crippen LogP contribution in [0.25, 0.3) is 0 Å². The minimum atomic E-state index is -1.86. The molecule has 0 radical (unpaired) electrons. The molecular formula is C30H34N3O4+. The van der Waals surface area contributed by atoms with E-state index in [1.165, 1.54) is 0 Å². The second-order valence-corrected chi connectivity index (χ2v) is 10.3. The molecule has 7 heteroatoms. The first-order chi connectivity index (χ1) is 18.0. The molecule has 2 N–H and O–H groups in total. The second kappa shape index (κ2) is 10.8. The zero-order valence-corrected chi connectivity index (χ0v) is 21.0. The number of aromatic nitrogens is 1. The van der Waals surface area contributed by atoms with Gasteiger partial charge in [0.05, 0.1) is 19.6 Å². The number of pyridine rings is 1. The molecule has 3 aliphatic rings. The highest BCUT2D eigenvalue weighted by molar-refractivity contribution is 5.93. The zero-order chi connectivity index (χ0) is 25.7. The smallest absolute Gasteiger partial charge is 0.348 e. The van der Waals surface area contributed by atoms with Crippen LogP contribution in [0.4, 0.5) is 0 Å². The lowest BCUT2D eigenvalue weighted by atomic mass is 9.82. The molecular weight excluding hydrogens is 466 g/mol. The summed E-state index contributed by atoms with van der Waals surface area (Å²) in [6.45, 7) is 4.36. The van der Waals surface area contributed by atoms with E-state index in [9.17, 15) is 14.7 Å². The number of hydrogen-bond donors (Lipinski definition) is 2. The summed E-state index contributed by atoms with van der Waals surface area (Å²) in [5, 5.41) is 14.8. The molecule has 7 nitrogen and oxygen atoms in total. The van der Waals surface area contributed by atoms with Gasteiger partial charge in [0.15, 0.2) is 6.10 Å². The topological polar surface area (TPSA) is 88.5 Å². The van der Waals surface area contributed by atoms with Crippen molar-refractivity contribution in [3.05, 3.63) is 102 Å². The molecule has 3 aliphatic heterocycles. The van der Waals surface area contributed by atoms with Gasteiger partial charge in [-0.25, -0.2) is 4.79 Å². The number of carbonyl (C=O) groups excluding carboxylic acids is 2. The molecule has 0 spiro atoms. The molecule has 0 aliphatic carbocycles. The summed E-state index contributed by atoms with van der Waals surface area (Å²) < 4.78 is 7.03. The number of fused-ring (bicyclic) bond motifs is 3. The van der Waals surface area contributed by atoms with Crippen LogP contribution in [0.2, 0.25) is 0 Å². The van der Waals surface area contributed by atoms with E-state index >= 15 is 0 Å². The molecule has 192 valence electrons. The molecule has 1 atom stereocenters. The number of rotatable bonds is 9. The highest BCUT2D eigenvalue weighted by Crippen LogP contribution is 2.38. The van der Waals surface area contributed by atoms with Gasteiger partial charge < -0.3 is 19.6 Å². The van der Waals surface area contributed by atoms with Gasteiger partial charge in [0.1, 0.15) is 6.54 Å². The van der Waals surface area contributed by atoms with E-state index in [2.05, 4.69) is 10.3 Å². The van der Waals surface area contributed by atoms with Crippen LogP contribution in [0.3, 0.4) is 0 Å². The molecule has 3 fully saturated rings. The van der Waals surface area contributed by atoms with Crippen molar-refractivity contribution in [1.29, 1.82) is 0 Å². The van der Waals surface area contributed by atoms with Crippen molar-refractivity contribution in [3.8, 4) is 0 Å². The van der Waals surface area contributed by atoms with E-state index < -0.39 is 11.6 Å². The molecule has 3 aromatic rings. The first kappa shape index (κ1) is 25.1. The normalized spacial score (nSPS) is 22.8. The Morgan fingerprint density at radius 3 is 2.14 bits per heavy atom. The fourth-order valence-corrected chi connectivity index (χ4v) is 5.87. The van der Waals surface area contributed by atoms with Crippen molar-refractivity contribution < 1.29 is 23.9 Å². The van der Waals surface area contributed by atoms with Crippen molar-refractivity contribution in [2.45, 2.75) is 31.0 Å². The van der Waals surface area contributed by atoms with Crippen molar-refractivity contribution in [2.24, 2.45) is 5.92 Å². The van der Waals surface area contributed by atoms with E-state index in [4.69, 9.17) is 4.74 Å². The Balaban J connectivity index is 1.24. The lowest BCUT2D eigenvalue weighted by molar-refractivity contribution is -0.946. The molecule has 2 aromatic carbocycles. The summed E-state index contributed by atoms with van der Waals surface area (Å²) in [6, 6.07) is 21.5. The van der Waals surface area contributed by atoms with E-state index in [-0.39, 0.29) is 12.0 Å². The summed E-state index contributed by atoms with van der Waals surface area (Å²) >= 11 is 0. The summed E-state index contributed by atoms with van der Waals surface area (Å²) in [5.41, 5.74) is -0.254. The maximum atomic E-state index is 13.7. The fraction of sp³-hybridized carbons (Fsp3) is 0.367. The third kappa shape index (κ3) is 5.29. The summed E-state index contributed by atoms with van der Waals surface area (Å²) in [5.74, 6) is -0.398. The van der Waals surface area contributed by atoms with Gasteiger partial charge in [-0.1, -0.05) is 60.7 Å². The van der Waals surface area contributed by atoms with Crippen molar-refractivity contribution in [2.75, 3.05) is 32.7 Å². The Labute approximate surface area is 217 Å². The molecule has 0 saturated carbocycles. The fourth-order valence-electron chi connectivity index (χ4n) is 5.87. The van der Waals surface area contributed by atoms with Crippen LogP contribution in [-0.4, -0.2) is 65.3 Å². The van der Waals surface area contributed by atoms with Gasteiger partial charge in [-0.15, -0.1) is 0 Å². The van der Waals surface area contributed by atoms with E-state index in [1.807, 2.05) is 36.4 Å². The van der Waals surface area contributed by atoms with Crippen LogP contribution < -0.4 is 5.32 Å². The Morgan fingerprint density at radius 2 is 1.54 bits per heavy atom. The third-order valence-corrected chi connectivity index (χ3v) is 8.02. The number of nitrogens with one attached hydrogen (secondary N) is 1. The van der Waals surface area contributed by atoms with Gasteiger partial charge in [-0.05, 0) is 23.3 Å². The van der Waals surface area contributed by atoms with Crippen molar-refractivity contribution in [3.63, 3.8) is 0 Å². The third-order valence-electron chi connectivity index (χ3n) is 8.02. The van der Waals surface area contributed by atoms with Crippen molar-refractivity contribution >= 4 is 11.9 Å². The average Bonchev–Trinajstić information content (AvgIpc) is 2.96. The summed E-state index contributed by atoms with van der Waals surface area (Å²) in [7, 11) is 0. The molecule has 0 unspecified atom stereocenters. The van der Waals surface area contributed by atoms with Crippen LogP contribution in [0, 0.1) is 5.92 Å². The highest BCUT2D eigenvalue weighted by atomic mass is 16.6. The van der Waals surface area contributed by atoms with Gasteiger partial charge in [-0.2, -0.15) is 0 Å². The number of aliphatic hydroxyl groups is 1. The number of hydrogen-bond acceptors (Lipinski definition) is 5. The predicted octanol–water partition coefficient (Wildman–Crippen LogP) is 3.29. The monoisotopic (exact) mass is 500 g/mol. The number of esters is 1. The maximum Gasteiger partial charge on any atom is 0.348 e. The molecule has 1 aromatic heterocycles. The number of nitrogens with zero attached hydrogens (tertiary/aromatic N) is 2. The molecule has 6 rings (SSSR count). The van der Waals surface area contributed by atoms with Crippen LogP contribution in [0.15, 0.2) is 85.2 Å². The van der Waals surface area contributed by atoms with Gasteiger partial charge in [-0.3, -0.25) is 9.78 Å². The lowest BCUT2D eigenvalue weighted by Crippen LogP contribution is -2.65. The minimum Gasteiger partial charge on any atom is -0.453 e. The van der Waals surface area contributed by atoms with Crippen LogP contribution in [0.5, 0.6) is 0 Å². The number of piperidine rings is 3. The number of carbonyl (C=O) groups is 2. The van der Waals surface area contributed by atoms with E-state index in [0.717, 1.165) is 49.9 Å². The number of benzene rings is 2. The Kier molecular flexibility index (Phi) is 7.35. The second-order valence-electron chi connectivity index (χ2n) is 10.3. The van der Waals surface area contributed by atoms with Gasteiger partial charge in [0, 0.05) is 49.7 Å². The van der Waals surface area contributed by atoms with Crippen LogP contribution in [0.1, 0.15) is 40.7 Å². The molecule has 1 amide bonds. The quantitative estimate of drug-likeness (QED) is 0.267. The number of quaternary nitrogens is 1. The Morgan fingerprint density at radius 1 is 0.946 bits per heavy atom. The summed E-state index contributed by atoms with van der Waals surface area (Å²) in [4.78, 5) is 29.9. The Bertz CT molecular complexity index is 1160. The maximum absolute atomic E-state index is 13.7. The van der Waals surface area contributed by atoms with Gasteiger partial charge >= 0.3 is 5.97 Å². The van der Waals surface area contributed by atoms with Crippen LogP contribution in [-0.2, 0) is 15.1 Å². The lowest BCUT2D eigenvalue weighted by Gasteiger charge is -2.52.